The number of nitro benzene ring substituents is 1. The Balaban J connectivity index is 1.84. The average molecular weight is 420 g/mol. The van der Waals surface area contributed by atoms with Crippen molar-refractivity contribution in [2.45, 2.75) is 30.6 Å². The van der Waals surface area contributed by atoms with Gasteiger partial charge in [0.05, 0.1) is 16.4 Å². The molecule has 1 aliphatic rings. The zero-order valence-electron chi connectivity index (χ0n) is 16.2. The van der Waals surface area contributed by atoms with Crippen molar-refractivity contribution in [2.24, 2.45) is 0 Å². The zero-order valence-corrected chi connectivity index (χ0v) is 17.1. The van der Waals surface area contributed by atoms with Crippen LogP contribution >= 0.6 is 0 Å². The molecule has 0 N–H and O–H groups in total. The standard InChI is InChI=1S/C20H24N2O6S/c1-27-14-11-16-5-7-17(8-6-16)28-20-10-9-18(15-19(20)22(23)24)29(25,26)21-12-3-2-4-13-21/h5-10,15H,2-4,11-14H2,1H3. The highest BCUT2D eigenvalue weighted by atomic mass is 32.2. The lowest BCUT2D eigenvalue weighted by atomic mass is 10.1. The molecule has 8 nitrogen and oxygen atoms in total. The summed E-state index contributed by atoms with van der Waals surface area (Å²) < 4.78 is 37.7. The van der Waals surface area contributed by atoms with Crippen LogP contribution in [0.4, 0.5) is 5.69 Å². The first-order chi connectivity index (χ1) is 13.9. The van der Waals surface area contributed by atoms with E-state index in [1.807, 2.05) is 12.1 Å². The molecule has 156 valence electrons. The van der Waals surface area contributed by atoms with Gasteiger partial charge in [-0.15, -0.1) is 0 Å². The second kappa shape index (κ2) is 9.34. The molecule has 0 aliphatic carbocycles. The van der Waals surface area contributed by atoms with E-state index in [4.69, 9.17) is 9.47 Å². The van der Waals surface area contributed by atoms with E-state index in [-0.39, 0.29) is 16.3 Å². The van der Waals surface area contributed by atoms with Gasteiger partial charge in [0.2, 0.25) is 15.8 Å². The van der Waals surface area contributed by atoms with Gasteiger partial charge in [-0.2, -0.15) is 4.31 Å². The molecule has 0 aromatic heterocycles. The number of hydrogen-bond donors (Lipinski definition) is 0. The highest BCUT2D eigenvalue weighted by Crippen LogP contribution is 2.34. The van der Waals surface area contributed by atoms with Crippen LogP contribution in [-0.4, -0.2) is 44.5 Å². The Morgan fingerprint density at radius 3 is 2.38 bits per heavy atom. The van der Waals surface area contributed by atoms with Gasteiger partial charge < -0.3 is 9.47 Å². The average Bonchev–Trinajstić information content (AvgIpc) is 2.74. The van der Waals surface area contributed by atoms with Crippen molar-refractivity contribution in [3.8, 4) is 11.5 Å². The summed E-state index contributed by atoms with van der Waals surface area (Å²) in [5, 5.41) is 11.5. The molecule has 3 rings (SSSR count). The van der Waals surface area contributed by atoms with Crippen molar-refractivity contribution >= 4 is 15.7 Å². The topological polar surface area (TPSA) is 99.0 Å². The number of nitro groups is 1. The summed E-state index contributed by atoms with van der Waals surface area (Å²) in [4.78, 5) is 10.8. The Kier molecular flexibility index (Phi) is 6.83. The van der Waals surface area contributed by atoms with Crippen molar-refractivity contribution in [3.63, 3.8) is 0 Å². The molecule has 0 unspecified atom stereocenters. The summed E-state index contributed by atoms with van der Waals surface area (Å²) >= 11 is 0. The van der Waals surface area contributed by atoms with Crippen LogP contribution in [-0.2, 0) is 21.2 Å². The first-order valence-corrected chi connectivity index (χ1v) is 10.9. The zero-order chi connectivity index (χ0) is 20.9. The van der Waals surface area contributed by atoms with Crippen molar-refractivity contribution in [3.05, 3.63) is 58.1 Å². The van der Waals surface area contributed by atoms with Gasteiger partial charge in [0.1, 0.15) is 5.75 Å². The van der Waals surface area contributed by atoms with Crippen LogP contribution in [0.5, 0.6) is 11.5 Å². The van der Waals surface area contributed by atoms with E-state index in [9.17, 15) is 18.5 Å². The monoisotopic (exact) mass is 420 g/mol. The number of hydrogen-bond acceptors (Lipinski definition) is 6. The Hall–Kier alpha value is -2.49. The number of sulfonamides is 1. The van der Waals surface area contributed by atoms with Crippen LogP contribution < -0.4 is 4.74 Å². The van der Waals surface area contributed by atoms with Crippen molar-refractivity contribution in [1.82, 2.24) is 4.31 Å². The minimum absolute atomic E-state index is 0.00256. The molecule has 29 heavy (non-hydrogen) atoms. The SMILES string of the molecule is COCCc1ccc(Oc2ccc(S(=O)(=O)N3CCCCC3)cc2[N+](=O)[O-])cc1. The normalized spacial score (nSPS) is 15.2. The fraction of sp³-hybridized carbons (Fsp3) is 0.400. The van der Waals surface area contributed by atoms with Gasteiger partial charge in [0, 0.05) is 26.3 Å². The predicted octanol–water partition coefficient (Wildman–Crippen LogP) is 3.75. The molecule has 0 atom stereocenters. The highest BCUT2D eigenvalue weighted by molar-refractivity contribution is 7.89. The minimum Gasteiger partial charge on any atom is -0.450 e. The molecule has 0 amide bonds. The molecule has 1 saturated heterocycles. The van der Waals surface area contributed by atoms with Gasteiger partial charge in [0.15, 0.2) is 0 Å². The third-order valence-electron chi connectivity index (χ3n) is 4.83. The lowest BCUT2D eigenvalue weighted by Crippen LogP contribution is -2.35. The quantitative estimate of drug-likeness (QED) is 0.476. The number of benzene rings is 2. The molecular weight excluding hydrogens is 396 g/mol. The number of piperidine rings is 1. The van der Waals surface area contributed by atoms with Crippen LogP contribution in [0.3, 0.4) is 0 Å². The second-order valence-electron chi connectivity index (χ2n) is 6.84. The van der Waals surface area contributed by atoms with E-state index in [0.717, 1.165) is 37.3 Å². The molecule has 0 radical (unpaired) electrons. The molecule has 0 saturated carbocycles. The van der Waals surface area contributed by atoms with Crippen LogP contribution in [0.25, 0.3) is 0 Å². The van der Waals surface area contributed by atoms with Gasteiger partial charge in [-0.25, -0.2) is 8.42 Å². The maximum absolute atomic E-state index is 12.8. The lowest BCUT2D eigenvalue weighted by molar-refractivity contribution is -0.385. The summed E-state index contributed by atoms with van der Waals surface area (Å²) in [5.74, 6) is 0.429. The van der Waals surface area contributed by atoms with Crippen LogP contribution in [0, 0.1) is 10.1 Å². The molecule has 2 aromatic carbocycles. The van der Waals surface area contributed by atoms with Gasteiger partial charge in [-0.05, 0) is 49.1 Å². The summed E-state index contributed by atoms with van der Waals surface area (Å²) in [6.45, 7) is 1.46. The minimum atomic E-state index is -3.76. The number of methoxy groups -OCH3 is 1. The van der Waals surface area contributed by atoms with Gasteiger partial charge in [-0.3, -0.25) is 10.1 Å². The van der Waals surface area contributed by atoms with E-state index in [2.05, 4.69) is 0 Å². The van der Waals surface area contributed by atoms with E-state index < -0.39 is 14.9 Å². The molecule has 1 aliphatic heterocycles. The van der Waals surface area contributed by atoms with E-state index in [0.29, 0.717) is 25.4 Å². The maximum Gasteiger partial charge on any atom is 0.312 e. The molecule has 0 bridgehead atoms. The van der Waals surface area contributed by atoms with E-state index in [1.54, 1.807) is 19.2 Å². The van der Waals surface area contributed by atoms with E-state index >= 15 is 0 Å². The molecule has 1 heterocycles. The van der Waals surface area contributed by atoms with Gasteiger partial charge in [-0.1, -0.05) is 18.6 Å². The van der Waals surface area contributed by atoms with E-state index in [1.165, 1.54) is 16.4 Å². The molecule has 0 spiro atoms. The summed E-state index contributed by atoms with van der Waals surface area (Å²) in [6.07, 6.45) is 3.33. The van der Waals surface area contributed by atoms with Crippen LogP contribution in [0.1, 0.15) is 24.8 Å². The first kappa shape index (κ1) is 21.2. The summed E-state index contributed by atoms with van der Waals surface area (Å²) in [6, 6.07) is 10.9. The Morgan fingerprint density at radius 1 is 1.07 bits per heavy atom. The second-order valence-corrected chi connectivity index (χ2v) is 8.78. The number of ether oxygens (including phenoxy) is 2. The van der Waals surface area contributed by atoms with Crippen molar-refractivity contribution in [1.29, 1.82) is 0 Å². The Morgan fingerprint density at radius 2 is 1.76 bits per heavy atom. The number of nitrogens with zero attached hydrogens (tertiary/aromatic N) is 2. The molecular formula is C20H24N2O6S. The van der Waals surface area contributed by atoms with Crippen LogP contribution in [0.15, 0.2) is 47.4 Å². The number of rotatable bonds is 8. The fourth-order valence-corrected chi connectivity index (χ4v) is 4.75. The smallest absolute Gasteiger partial charge is 0.312 e. The maximum atomic E-state index is 12.8. The van der Waals surface area contributed by atoms with Crippen molar-refractivity contribution in [2.75, 3.05) is 26.8 Å². The molecule has 1 fully saturated rings. The molecule has 2 aromatic rings. The summed E-state index contributed by atoms with van der Waals surface area (Å²) in [7, 11) is -2.13. The largest absolute Gasteiger partial charge is 0.450 e. The first-order valence-electron chi connectivity index (χ1n) is 9.46. The van der Waals surface area contributed by atoms with Gasteiger partial charge >= 0.3 is 5.69 Å². The van der Waals surface area contributed by atoms with Gasteiger partial charge in [0.25, 0.3) is 0 Å². The molecule has 9 heteroatoms. The van der Waals surface area contributed by atoms with Crippen molar-refractivity contribution < 1.29 is 22.8 Å². The predicted molar refractivity (Wildman–Crippen MR) is 108 cm³/mol. The third kappa shape index (κ3) is 5.11. The third-order valence-corrected chi connectivity index (χ3v) is 6.72. The van der Waals surface area contributed by atoms with Crippen LogP contribution in [0.2, 0.25) is 0 Å². The lowest BCUT2D eigenvalue weighted by Gasteiger charge is -2.25. The highest BCUT2D eigenvalue weighted by Gasteiger charge is 2.29. The Labute approximate surface area is 170 Å². The Bertz CT molecular complexity index is 953. The summed E-state index contributed by atoms with van der Waals surface area (Å²) in [5.41, 5.74) is 0.670. The fourth-order valence-electron chi connectivity index (χ4n) is 3.21.